The van der Waals surface area contributed by atoms with Gasteiger partial charge in [0.15, 0.2) is 0 Å². The number of hydrogen-bond acceptors (Lipinski definition) is 1. The molecule has 13 heavy (non-hydrogen) atoms. The summed E-state index contributed by atoms with van der Waals surface area (Å²) in [4.78, 5) is 0. The van der Waals surface area contributed by atoms with Crippen LogP contribution in [0.3, 0.4) is 0 Å². The van der Waals surface area contributed by atoms with Gasteiger partial charge in [-0.3, -0.25) is 0 Å². The summed E-state index contributed by atoms with van der Waals surface area (Å²) in [5, 5.41) is 0. The molecule has 0 heterocycles. The van der Waals surface area contributed by atoms with Crippen LogP contribution in [0.25, 0.3) is 0 Å². The lowest BCUT2D eigenvalue weighted by Gasteiger charge is -2.09. The molecule has 70 valence electrons. The molecule has 0 atom stereocenters. The predicted molar refractivity (Wildman–Crippen MR) is 56.2 cm³/mol. The van der Waals surface area contributed by atoms with Crippen LogP contribution in [-0.2, 0) is 6.42 Å². The molecule has 0 aliphatic heterocycles. The maximum absolute atomic E-state index is 5.50. The molecule has 0 bridgehead atoms. The lowest BCUT2D eigenvalue weighted by atomic mass is 10.1. The molecule has 1 nitrogen and oxygen atoms in total. The minimum absolute atomic E-state index is 0.715. The Morgan fingerprint density at radius 2 is 2.23 bits per heavy atom. The molecule has 0 aliphatic carbocycles. The maximum atomic E-state index is 5.50. The topological polar surface area (TPSA) is 9.23 Å². The Morgan fingerprint density at radius 3 is 2.85 bits per heavy atom. The molecule has 1 aromatic rings. The molecule has 0 N–H and O–H groups in total. The molecule has 0 radical (unpaired) electrons. The summed E-state index contributed by atoms with van der Waals surface area (Å²) < 4.78 is 5.50. The molecule has 0 spiro atoms. The third kappa shape index (κ3) is 2.62. The molecule has 0 saturated heterocycles. The summed E-state index contributed by atoms with van der Waals surface area (Å²) in [5.74, 6) is 0.980. The van der Waals surface area contributed by atoms with Gasteiger partial charge in [0.2, 0.25) is 0 Å². The van der Waals surface area contributed by atoms with Crippen molar-refractivity contribution in [3.63, 3.8) is 0 Å². The molecule has 0 unspecified atom stereocenters. The van der Waals surface area contributed by atoms with Crippen LogP contribution in [0, 0.1) is 6.92 Å². The summed E-state index contributed by atoms with van der Waals surface area (Å²) in [6.07, 6.45) is 2.77. The highest BCUT2D eigenvalue weighted by molar-refractivity contribution is 5.37. The molecule has 0 amide bonds. The number of rotatable bonds is 4. The number of hydrogen-bond donors (Lipinski definition) is 0. The van der Waals surface area contributed by atoms with Crippen LogP contribution >= 0.6 is 0 Å². The van der Waals surface area contributed by atoms with E-state index in [2.05, 4.69) is 25.6 Å². The number of aryl methyl sites for hydroxylation is 1. The summed E-state index contributed by atoms with van der Waals surface area (Å²) in [7, 11) is 0. The summed E-state index contributed by atoms with van der Waals surface area (Å²) in [5.41, 5.74) is 2.48. The fourth-order valence-corrected chi connectivity index (χ4v) is 1.32. The van der Waals surface area contributed by atoms with Crippen LogP contribution in [0.5, 0.6) is 5.75 Å². The predicted octanol–water partition coefficient (Wildman–Crippen LogP) is 3.12. The van der Waals surface area contributed by atoms with Gasteiger partial charge in [0.05, 0.1) is 6.61 Å². The molecule has 1 aromatic carbocycles. The second-order valence-electron chi connectivity index (χ2n) is 3.04. The fourth-order valence-electron chi connectivity index (χ4n) is 1.32. The first-order valence-corrected chi connectivity index (χ1v) is 4.61. The summed E-state index contributed by atoms with van der Waals surface area (Å²) in [6.45, 7) is 8.53. The van der Waals surface area contributed by atoms with E-state index in [1.54, 1.807) is 0 Å². The van der Waals surface area contributed by atoms with E-state index < -0.39 is 0 Å². The molecule has 0 aliphatic rings. The number of allylic oxidation sites excluding steroid dienone is 1. The first kappa shape index (κ1) is 9.85. The van der Waals surface area contributed by atoms with Crippen molar-refractivity contribution in [3.05, 3.63) is 42.0 Å². The van der Waals surface area contributed by atoms with Crippen molar-refractivity contribution in [2.75, 3.05) is 6.61 Å². The first-order chi connectivity index (χ1) is 6.27. The van der Waals surface area contributed by atoms with Crippen molar-refractivity contribution in [2.24, 2.45) is 0 Å². The van der Waals surface area contributed by atoms with Gasteiger partial charge in [0.25, 0.3) is 0 Å². The second kappa shape index (κ2) is 4.70. The van der Waals surface area contributed by atoms with Gasteiger partial charge >= 0.3 is 0 Å². The molecule has 1 heteroatoms. The lowest BCUT2D eigenvalue weighted by molar-refractivity contribution is 0.337. The Hall–Kier alpha value is -1.24. The standard InChI is InChI=1S/C12H16O/c1-4-6-11-9-10(3)7-8-12(11)13-5-2/h4,7-9H,1,5-6H2,2-3H3. The van der Waals surface area contributed by atoms with Gasteiger partial charge in [-0.2, -0.15) is 0 Å². The third-order valence-corrected chi connectivity index (χ3v) is 1.88. The fraction of sp³-hybridized carbons (Fsp3) is 0.333. The minimum Gasteiger partial charge on any atom is -0.494 e. The average Bonchev–Trinajstić information content (AvgIpc) is 2.10. The van der Waals surface area contributed by atoms with E-state index in [9.17, 15) is 0 Å². The van der Waals surface area contributed by atoms with Gasteiger partial charge in [0.1, 0.15) is 5.75 Å². The van der Waals surface area contributed by atoms with Crippen molar-refractivity contribution >= 4 is 0 Å². The van der Waals surface area contributed by atoms with E-state index in [0.717, 1.165) is 12.2 Å². The average molecular weight is 176 g/mol. The van der Waals surface area contributed by atoms with E-state index in [0.29, 0.717) is 6.61 Å². The van der Waals surface area contributed by atoms with Crippen LogP contribution in [0.4, 0.5) is 0 Å². The Balaban J connectivity index is 2.95. The van der Waals surface area contributed by atoms with Crippen molar-refractivity contribution in [1.82, 2.24) is 0 Å². The Morgan fingerprint density at radius 1 is 1.46 bits per heavy atom. The highest BCUT2D eigenvalue weighted by atomic mass is 16.5. The van der Waals surface area contributed by atoms with Crippen molar-refractivity contribution in [3.8, 4) is 5.75 Å². The summed E-state index contributed by atoms with van der Waals surface area (Å²) >= 11 is 0. The van der Waals surface area contributed by atoms with E-state index >= 15 is 0 Å². The van der Waals surface area contributed by atoms with Crippen molar-refractivity contribution in [2.45, 2.75) is 20.3 Å². The lowest BCUT2D eigenvalue weighted by Crippen LogP contribution is -1.96. The molecule has 0 fully saturated rings. The Labute approximate surface area is 80.0 Å². The van der Waals surface area contributed by atoms with E-state index in [1.165, 1.54) is 11.1 Å². The van der Waals surface area contributed by atoms with Crippen LogP contribution in [0.15, 0.2) is 30.9 Å². The van der Waals surface area contributed by atoms with Crippen molar-refractivity contribution in [1.29, 1.82) is 0 Å². The van der Waals surface area contributed by atoms with Crippen LogP contribution < -0.4 is 4.74 Å². The summed E-state index contributed by atoms with van der Waals surface area (Å²) in [6, 6.07) is 6.24. The number of benzene rings is 1. The van der Waals surface area contributed by atoms with Gasteiger partial charge in [-0.05, 0) is 31.9 Å². The SMILES string of the molecule is C=CCc1cc(C)ccc1OCC. The highest BCUT2D eigenvalue weighted by Gasteiger charge is 2.00. The molecular weight excluding hydrogens is 160 g/mol. The Kier molecular flexibility index (Phi) is 3.56. The number of ether oxygens (including phenoxy) is 1. The van der Waals surface area contributed by atoms with Gasteiger partial charge in [-0.1, -0.05) is 23.8 Å². The monoisotopic (exact) mass is 176 g/mol. The quantitative estimate of drug-likeness (QED) is 0.640. The van der Waals surface area contributed by atoms with E-state index in [1.807, 2.05) is 19.1 Å². The highest BCUT2D eigenvalue weighted by Crippen LogP contribution is 2.20. The van der Waals surface area contributed by atoms with E-state index in [-0.39, 0.29) is 0 Å². The molecule has 1 rings (SSSR count). The van der Waals surface area contributed by atoms with E-state index in [4.69, 9.17) is 4.74 Å². The van der Waals surface area contributed by atoms with Crippen molar-refractivity contribution < 1.29 is 4.74 Å². The zero-order valence-corrected chi connectivity index (χ0v) is 8.34. The largest absolute Gasteiger partial charge is 0.494 e. The smallest absolute Gasteiger partial charge is 0.122 e. The normalized spacial score (nSPS) is 9.69. The van der Waals surface area contributed by atoms with Crippen LogP contribution in [0.2, 0.25) is 0 Å². The minimum atomic E-state index is 0.715. The zero-order chi connectivity index (χ0) is 9.68. The molecule has 0 aromatic heterocycles. The van der Waals surface area contributed by atoms with Gasteiger partial charge in [-0.15, -0.1) is 6.58 Å². The maximum Gasteiger partial charge on any atom is 0.122 e. The van der Waals surface area contributed by atoms with Gasteiger partial charge in [0, 0.05) is 0 Å². The zero-order valence-electron chi connectivity index (χ0n) is 8.34. The second-order valence-corrected chi connectivity index (χ2v) is 3.04. The Bertz CT molecular complexity index is 289. The third-order valence-electron chi connectivity index (χ3n) is 1.88. The van der Waals surface area contributed by atoms with Crippen LogP contribution in [0.1, 0.15) is 18.1 Å². The van der Waals surface area contributed by atoms with Gasteiger partial charge < -0.3 is 4.74 Å². The molecule has 0 saturated carbocycles. The van der Waals surface area contributed by atoms with Gasteiger partial charge in [-0.25, -0.2) is 0 Å². The molecular formula is C12H16O. The first-order valence-electron chi connectivity index (χ1n) is 4.61. The van der Waals surface area contributed by atoms with Crippen LogP contribution in [-0.4, -0.2) is 6.61 Å².